The fourth-order valence-corrected chi connectivity index (χ4v) is 2.00. The number of benzene rings is 1. The maximum atomic E-state index is 8.67. The van der Waals surface area contributed by atoms with Crippen LogP contribution in [0.25, 0.3) is 0 Å². The Morgan fingerprint density at radius 2 is 2.18 bits per heavy atom. The second-order valence-electron chi connectivity index (χ2n) is 3.90. The quantitative estimate of drug-likeness (QED) is 0.328. The minimum Gasteiger partial charge on any atom is -0.409 e. The molecule has 1 unspecified atom stereocenters. The lowest BCUT2D eigenvalue weighted by atomic mass is 10.1. The number of hydrogen-bond acceptors (Lipinski definition) is 3. The molecular weight excluding hydrogens is 238 g/mol. The second-order valence-corrected chi connectivity index (χ2v) is 4.30. The van der Waals surface area contributed by atoms with Gasteiger partial charge in [-0.2, -0.15) is 0 Å². The van der Waals surface area contributed by atoms with Crippen molar-refractivity contribution in [3.8, 4) is 0 Å². The van der Waals surface area contributed by atoms with Crippen LogP contribution in [-0.4, -0.2) is 17.1 Å². The molecule has 17 heavy (non-hydrogen) atoms. The second kappa shape index (κ2) is 6.47. The monoisotopic (exact) mass is 255 g/mol. The highest BCUT2D eigenvalue weighted by Gasteiger charge is 2.16. The molecule has 0 radical (unpaired) electrons. The normalized spacial score (nSPS) is 15.6. The molecule has 0 fully saturated rings. The van der Waals surface area contributed by atoms with Crippen molar-refractivity contribution in [1.29, 1.82) is 0 Å². The van der Waals surface area contributed by atoms with Crippen LogP contribution in [0.2, 0.25) is 5.02 Å². The summed E-state index contributed by atoms with van der Waals surface area (Å²) in [6.07, 6.45) is 0.741. The Balaban J connectivity index is 2.78. The van der Waals surface area contributed by atoms with Gasteiger partial charge in [0, 0.05) is 11.1 Å². The van der Waals surface area contributed by atoms with Gasteiger partial charge < -0.3 is 16.3 Å². The smallest absolute Gasteiger partial charge is 0.156 e. The molecule has 0 heterocycles. The maximum Gasteiger partial charge on any atom is 0.156 e. The van der Waals surface area contributed by atoms with Gasteiger partial charge in [-0.15, -0.1) is 0 Å². The largest absolute Gasteiger partial charge is 0.409 e. The van der Waals surface area contributed by atoms with E-state index in [0.29, 0.717) is 5.02 Å². The van der Waals surface area contributed by atoms with Crippen LogP contribution in [-0.2, 0) is 0 Å². The Morgan fingerprint density at radius 1 is 1.53 bits per heavy atom. The van der Waals surface area contributed by atoms with E-state index in [9.17, 15) is 0 Å². The van der Waals surface area contributed by atoms with Crippen LogP contribution in [0, 0.1) is 0 Å². The van der Waals surface area contributed by atoms with Crippen LogP contribution in [0.3, 0.4) is 0 Å². The number of amidine groups is 1. The number of oxime groups is 1. The summed E-state index contributed by atoms with van der Waals surface area (Å²) < 4.78 is 0. The average molecular weight is 256 g/mol. The summed E-state index contributed by atoms with van der Waals surface area (Å²) in [6, 6.07) is 7.50. The number of rotatable bonds is 5. The molecule has 4 nitrogen and oxygen atoms in total. The summed E-state index contributed by atoms with van der Waals surface area (Å²) >= 11 is 6.11. The van der Waals surface area contributed by atoms with Crippen molar-refractivity contribution in [2.75, 3.05) is 0 Å². The first-order chi connectivity index (χ1) is 8.10. The van der Waals surface area contributed by atoms with Crippen molar-refractivity contribution >= 4 is 17.4 Å². The number of nitrogens with two attached hydrogens (primary N) is 1. The van der Waals surface area contributed by atoms with Gasteiger partial charge in [-0.3, -0.25) is 0 Å². The van der Waals surface area contributed by atoms with E-state index >= 15 is 0 Å². The molecule has 0 saturated heterocycles. The molecule has 1 aromatic carbocycles. The van der Waals surface area contributed by atoms with E-state index in [4.69, 9.17) is 22.5 Å². The van der Waals surface area contributed by atoms with E-state index in [1.807, 2.05) is 38.1 Å². The molecule has 0 aliphatic heterocycles. The maximum absolute atomic E-state index is 8.67. The predicted octanol–water partition coefficient (Wildman–Crippen LogP) is 2.52. The Bertz CT molecular complexity index is 395. The molecule has 0 aromatic heterocycles. The molecule has 0 aliphatic rings. The molecule has 94 valence electrons. The van der Waals surface area contributed by atoms with Gasteiger partial charge in [0.15, 0.2) is 5.84 Å². The van der Waals surface area contributed by atoms with Crippen molar-refractivity contribution < 1.29 is 5.21 Å². The zero-order valence-electron chi connectivity index (χ0n) is 10.0. The number of halogens is 1. The van der Waals surface area contributed by atoms with Gasteiger partial charge >= 0.3 is 0 Å². The van der Waals surface area contributed by atoms with Gasteiger partial charge in [-0.05, 0) is 25.0 Å². The van der Waals surface area contributed by atoms with Crippen LogP contribution < -0.4 is 11.1 Å². The zero-order chi connectivity index (χ0) is 12.8. The SMILES string of the molecule is CCC(N[C@H](C)c1ccccc1Cl)/C(N)=N/O. The molecule has 0 aliphatic carbocycles. The summed E-state index contributed by atoms with van der Waals surface area (Å²) in [5.41, 5.74) is 6.60. The standard InChI is InChI=1S/C12H18ClN3O/c1-3-11(12(14)16-17)15-8(2)9-6-4-5-7-10(9)13/h4-8,11,15,17H,3H2,1-2H3,(H2,14,16)/t8-,11?/m1/s1. The first-order valence-corrected chi connectivity index (χ1v) is 5.95. The third-order valence-corrected chi connectivity index (χ3v) is 3.05. The molecule has 5 heteroatoms. The molecule has 0 bridgehead atoms. The average Bonchev–Trinajstić information content (AvgIpc) is 2.35. The van der Waals surface area contributed by atoms with Crippen LogP contribution in [0.1, 0.15) is 31.9 Å². The molecular formula is C12H18ClN3O. The number of nitrogens with one attached hydrogen (secondary N) is 1. The minimum absolute atomic E-state index is 0.0361. The lowest BCUT2D eigenvalue weighted by Gasteiger charge is -2.22. The first-order valence-electron chi connectivity index (χ1n) is 5.58. The van der Waals surface area contributed by atoms with Gasteiger partial charge in [-0.25, -0.2) is 0 Å². The van der Waals surface area contributed by atoms with Crippen molar-refractivity contribution in [2.45, 2.75) is 32.4 Å². The zero-order valence-corrected chi connectivity index (χ0v) is 10.8. The lowest BCUT2D eigenvalue weighted by Crippen LogP contribution is -2.42. The van der Waals surface area contributed by atoms with Crippen LogP contribution in [0.4, 0.5) is 0 Å². The fraction of sp³-hybridized carbons (Fsp3) is 0.417. The number of nitrogens with zero attached hydrogens (tertiary/aromatic N) is 1. The van der Waals surface area contributed by atoms with Crippen LogP contribution in [0.5, 0.6) is 0 Å². The van der Waals surface area contributed by atoms with E-state index in [1.165, 1.54) is 0 Å². The Hall–Kier alpha value is -1.26. The molecule has 0 saturated carbocycles. The van der Waals surface area contributed by atoms with E-state index in [1.54, 1.807) is 0 Å². The molecule has 4 N–H and O–H groups in total. The predicted molar refractivity (Wildman–Crippen MR) is 70.5 cm³/mol. The Labute approximate surface area is 106 Å². The van der Waals surface area contributed by atoms with E-state index < -0.39 is 0 Å². The minimum atomic E-state index is -0.161. The Morgan fingerprint density at radius 3 is 2.71 bits per heavy atom. The van der Waals surface area contributed by atoms with Crippen molar-refractivity contribution in [3.05, 3.63) is 34.9 Å². The lowest BCUT2D eigenvalue weighted by molar-refractivity contribution is 0.313. The van der Waals surface area contributed by atoms with Gasteiger partial charge in [-0.1, -0.05) is 41.9 Å². The fourth-order valence-electron chi connectivity index (χ4n) is 1.70. The number of hydrogen-bond donors (Lipinski definition) is 3. The molecule has 0 amide bonds. The summed E-state index contributed by atoms with van der Waals surface area (Å²) in [5, 5.41) is 15.7. The van der Waals surface area contributed by atoms with Gasteiger partial charge in [0.25, 0.3) is 0 Å². The van der Waals surface area contributed by atoms with Crippen molar-refractivity contribution in [2.24, 2.45) is 10.9 Å². The highest BCUT2D eigenvalue weighted by atomic mass is 35.5. The summed E-state index contributed by atoms with van der Waals surface area (Å²) in [4.78, 5) is 0. The van der Waals surface area contributed by atoms with Crippen molar-refractivity contribution in [3.63, 3.8) is 0 Å². The van der Waals surface area contributed by atoms with Crippen molar-refractivity contribution in [1.82, 2.24) is 5.32 Å². The molecule has 1 rings (SSSR count). The van der Waals surface area contributed by atoms with Crippen LogP contribution >= 0.6 is 11.6 Å². The van der Waals surface area contributed by atoms with Gasteiger partial charge in [0.05, 0.1) is 6.04 Å². The topological polar surface area (TPSA) is 70.6 Å². The van der Waals surface area contributed by atoms with Gasteiger partial charge in [0.2, 0.25) is 0 Å². The third-order valence-electron chi connectivity index (χ3n) is 2.70. The van der Waals surface area contributed by atoms with E-state index in [-0.39, 0.29) is 17.9 Å². The highest BCUT2D eigenvalue weighted by Crippen LogP contribution is 2.22. The first kappa shape index (κ1) is 13.8. The van der Waals surface area contributed by atoms with E-state index in [0.717, 1.165) is 12.0 Å². The van der Waals surface area contributed by atoms with E-state index in [2.05, 4.69) is 10.5 Å². The summed E-state index contributed by atoms with van der Waals surface area (Å²) in [5.74, 6) is 0.186. The molecule has 0 spiro atoms. The highest BCUT2D eigenvalue weighted by molar-refractivity contribution is 6.31. The van der Waals surface area contributed by atoms with Gasteiger partial charge in [0.1, 0.15) is 0 Å². The Kier molecular flexibility index (Phi) is 5.25. The third kappa shape index (κ3) is 3.61. The molecule has 2 atom stereocenters. The summed E-state index contributed by atoms with van der Waals surface area (Å²) in [7, 11) is 0. The summed E-state index contributed by atoms with van der Waals surface area (Å²) in [6.45, 7) is 3.96. The van der Waals surface area contributed by atoms with Crippen LogP contribution in [0.15, 0.2) is 29.4 Å². The molecule has 1 aromatic rings.